The molecule has 2 aromatic carbocycles. The fourth-order valence-corrected chi connectivity index (χ4v) is 16.4. The van der Waals surface area contributed by atoms with Crippen molar-refractivity contribution in [1.82, 2.24) is 14.5 Å². The third-order valence-corrected chi connectivity index (χ3v) is 19.8. The van der Waals surface area contributed by atoms with Crippen LogP contribution in [0.2, 0.25) is 0 Å². The Morgan fingerprint density at radius 2 is 1.54 bits per heavy atom. The van der Waals surface area contributed by atoms with Crippen LogP contribution in [0.15, 0.2) is 72.8 Å². The van der Waals surface area contributed by atoms with Crippen molar-refractivity contribution in [3.8, 4) is 0 Å². The second-order valence-corrected chi connectivity index (χ2v) is 22.6. The zero-order valence-corrected chi connectivity index (χ0v) is 36.5. The largest absolute Gasteiger partial charge is 0.478 e. The van der Waals surface area contributed by atoms with Gasteiger partial charge < -0.3 is 10.4 Å². The molecule has 5 aliphatic carbocycles. The van der Waals surface area contributed by atoms with Crippen LogP contribution in [-0.4, -0.2) is 73.5 Å². The van der Waals surface area contributed by atoms with E-state index in [9.17, 15) is 18.3 Å². The highest BCUT2D eigenvalue weighted by Crippen LogP contribution is 2.76. The molecule has 9 atom stereocenters. The average molecular weight is 796 g/mol. The summed E-state index contributed by atoms with van der Waals surface area (Å²) in [5, 5.41) is 13.8. The fraction of sp³-hybridized carbons (Fsp3) is 0.653. The molecular formula is C49H69N3O4S. The van der Waals surface area contributed by atoms with Gasteiger partial charge in [-0.3, -0.25) is 4.90 Å². The monoisotopic (exact) mass is 796 g/mol. The molecule has 1 heterocycles. The molecule has 8 heteroatoms. The van der Waals surface area contributed by atoms with E-state index in [1.165, 1.54) is 68.1 Å². The van der Waals surface area contributed by atoms with E-state index in [1.807, 2.05) is 42.5 Å². The predicted octanol–water partition coefficient (Wildman–Crippen LogP) is 9.53. The molecule has 5 fully saturated rings. The van der Waals surface area contributed by atoms with Crippen molar-refractivity contribution < 1.29 is 18.3 Å². The lowest BCUT2D eigenvalue weighted by Crippen LogP contribution is -2.68. The van der Waals surface area contributed by atoms with Gasteiger partial charge in [-0.1, -0.05) is 95.3 Å². The highest BCUT2D eigenvalue weighted by molar-refractivity contribution is 7.88. The topological polar surface area (TPSA) is 90.0 Å². The van der Waals surface area contributed by atoms with Crippen molar-refractivity contribution in [2.75, 3.05) is 39.3 Å². The maximum absolute atomic E-state index is 13.2. The molecule has 2 N–H and O–H groups in total. The van der Waals surface area contributed by atoms with E-state index in [4.69, 9.17) is 0 Å². The van der Waals surface area contributed by atoms with E-state index >= 15 is 0 Å². The summed E-state index contributed by atoms with van der Waals surface area (Å²) in [7, 11) is -3.33. The van der Waals surface area contributed by atoms with Gasteiger partial charge in [-0.25, -0.2) is 13.2 Å². The number of carboxylic acid groups (broad SMARTS) is 1. The smallest absolute Gasteiger partial charge is 0.335 e. The lowest BCUT2D eigenvalue weighted by Gasteiger charge is -2.72. The molecule has 1 aliphatic heterocycles. The first-order chi connectivity index (χ1) is 27.0. The van der Waals surface area contributed by atoms with E-state index < -0.39 is 16.0 Å². The van der Waals surface area contributed by atoms with Crippen LogP contribution in [0.4, 0.5) is 0 Å². The molecule has 0 spiro atoms. The molecule has 2 aromatic rings. The number of benzene rings is 2. The Kier molecular flexibility index (Phi) is 10.6. The van der Waals surface area contributed by atoms with Gasteiger partial charge in [0.05, 0.1) is 11.3 Å². The molecule has 0 aromatic heterocycles. The molecule has 0 radical (unpaired) electrons. The number of nitrogens with one attached hydrogen (secondary N) is 1. The summed E-state index contributed by atoms with van der Waals surface area (Å²) in [4.78, 5) is 14.1. The number of hydrogen-bond acceptors (Lipinski definition) is 5. The molecule has 8 rings (SSSR count). The van der Waals surface area contributed by atoms with Crippen molar-refractivity contribution in [2.45, 2.75) is 111 Å². The second-order valence-electron chi connectivity index (χ2n) is 20.7. The number of aromatic carboxylic acids is 1. The standard InChI is InChI=1S/C49H69N3O4S/c1-34(2)38-19-24-49(50-27-28-51-29-31-52(32-30-51)57(55,56)33-35-11-9-8-10-12-35)26-25-47(6)40(43(38)49)17-18-42-46(5)22-20-39(36-13-15-37(16-14-36)44(53)54)45(3,4)41(46)21-23-48(42,47)7/h8-16,20,38,40-43,50H,1,17-19,21-33H2,2-7H3,(H,53,54)/t38-,40+,41-,42+,43+,46-,47+,48+,49-/m0/s1. The SMILES string of the molecule is C=C(C)[C@@H]1CC[C@]2(NCCN3CCN(S(=O)(=O)Cc4ccccc4)CC3)CC[C@]3(C)[C@H](CC[C@@H]4[C@@]5(C)CC=C(c6ccc(C(=O)O)cc6)C(C)(C)[C@@H]5CC[C@]43C)[C@@H]12. The number of carboxylic acids is 1. The lowest BCUT2D eigenvalue weighted by molar-refractivity contribution is -0.219. The number of sulfonamides is 1. The van der Waals surface area contributed by atoms with Crippen molar-refractivity contribution in [3.63, 3.8) is 0 Å². The van der Waals surface area contributed by atoms with Crippen LogP contribution < -0.4 is 5.32 Å². The van der Waals surface area contributed by atoms with Gasteiger partial charge in [0, 0.05) is 44.8 Å². The first kappa shape index (κ1) is 41.0. The van der Waals surface area contributed by atoms with Gasteiger partial charge in [0.2, 0.25) is 10.0 Å². The van der Waals surface area contributed by atoms with Gasteiger partial charge >= 0.3 is 5.97 Å². The number of piperazine rings is 1. The van der Waals surface area contributed by atoms with E-state index in [0.717, 1.165) is 38.2 Å². The number of fused-ring (bicyclic) bond motifs is 7. The number of hydrogen-bond donors (Lipinski definition) is 2. The summed E-state index contributed by atoms with van der Waals surface area (Å²) in [6.45, 7) is 24.5. The zero-order valence-electron chi connectivity index (χ0n) is 35.7. The van der Waals surface area contributed by atoms with Crippen molar-refractivity contribution >= 4 is 21.6 Å². The number of nitrogens with zero attached hydrogens (tertiary/aromatic N) is 2. The van der Waals surface area contributed by atoms with Gasteiger partial charge in [-0.15, -0.1) is 0 Å². The fourth-order valence-electron chi connectivity index (χ4n) is 14.9. The number of rotatable bonds is 10. The minimum absolute atomic E-state index is 0.00201. The van der Waals surface area contributed by atoms with Crippen LogP contribution in [0.25, 0.3) is 5.57 Å². The summed E-state index contributed by atoms with van der Waals surface area (Å²) in [5.41, 5.74) is 6.02. The minimum atomic E-state index is -3.33. The van der Waals surface area contributed by atoms with Crippen LogP contribution in [0.1, 0.15) is 121 Å². The summed E-state index contributed by atoms with van der Waals surface area (Å²) >= 11 is 0. The van der Waals surface area contributed by atoms with Crippen LogP contribution in [0.3, 0.4) is 0 Å². The zero-order chi connectivity index (χ0) is 40.6. The second kappa shape index (κ2) is 14.7. The van der Waals surface area contributed by atoms with Gasteiger partial charge in [0.1, 0.15) is 0 Å². The lowest BCUT2D eigenvalue weighted by atomic mass is 9.33. The summed E-state index contributed by atoms with van der Waals surface area (Å²) in [6.07, 6.45) is 13.7. The van der Waals surface area contributed by atoms with E-state index in [0.29, 0.717) is 48.2 Å². The third-order valence-electron chi connectivity index (χ3n) is 17.9. The van der Waals surface area contributed by atoms with E-state index in [2.05, 4.69) is 64.4 Å². The first-order valence-corrected chi connectivity index (χ1v) is 23.8. The molecule has 7 nitrogen and oxygen atoms in total. The molecule has 310 valence electrons. The van der Waals surface area contributed by atoms with Crippen molar-refractivity contribution in [1.29, 1.82) is 0 Å². The molecule has 4 saturated carbocycles. The summed E-state index contributed by atoms with van der Waals surface area (Å²) < 4.78 is 28.1. The Morgan fingerprint density at radius 3 is 2.21 bits per heavy atom. The summed E-state index contributed by atoms with van der Waals surface area (Å²) in [5.74, 6) is 2.26. The molecule has 0 bridgehead atoms. The number of allylic oxidation sites excluding steroid dienone is 3. The maximum Gasteiger partial charge on any atom is 0.335 e. The van der Waals surface area contributed by atoms with Crippen LogP contribution >= 0.6 is 0 Å². The van der Waals surface area contributed by atoms with E-state index in [1.54, 1.807) is 16.4 Å². The molecule has 0 unspecified atom stereocenters. The Hall–Kier alpha value is -2.78. The Labute approximate surface area is 343 Å². The number of carbonyl (C=O) groups is 1. The average Bonchev–Trinajstić information content (AvgIpc) is 3.55. The predicted molar refractivity (Wildman–Crippen MR) is 231 cm³/mol. The quantitative estimate of drug-likeness (QED) is 0.233. The van der Waals surface area contributed by atoms with Gasteiger partial charge in [-0.2, -0.15) is 4.31 Å². The van der Waals surface area contributed by atoms with Gasteiger partial charge in [0.15, 0.2) is 0 Å². The van der Waals surface area contributed by atoms with Crippen LogP contribution in [0, 0.1) is 51.2 Å². The Bertz CT molecular complexity index is 1990. The first-order valence-electron chi connectivity index (χ1n) is 22.1. The molecular weight excluding hydrogens is 727 g/mol. The van der Waals surface area contributed by atoms with E-state index in [-0.39, 0.29) is 33.0 Å². The maximum atomic E-state index is 13.2. The van der Waals surface area contributed by atoms with Crippen molar-refractivity contribution in [2.24, 2.45) is 51.2 Å². The molecule has 1 saturated heterocycles. The Morgan fingerprint density at radius 1 is 0.842 bits per heavy atom. The van der Waals surface area contributed by atoms with Crippen molar-refractivity contribution in [3.05, 3.63) is 89.5 Å². The normalized spacial score (nSPS) is 37.9. The highest BCUT2D eigenvalue weighted by Gasteiger charge is 2.70. The highest BCUT2D eigenvalue weighted by atomic mass is 32.2. The third kappa shape index (κ3) is 6.71. The molecule has 57 heavy (non-hydrogen) atoms. The summed E-state index contributed by atoms with van der Waals surface area (Å²) in [6, 6.07) is 17.1. The molecule has 0 amide bonds. The van der Waals surface area contributed by atoms with Gasteiger partial charge in [-0.05, 0) is 145 Å². The van der Waals surface area contributed by atoms with Gasteiger partial charge in [0.25, 0.3) is 0 Å². The van der Waals surface area contributed by atoms with Crippen LogP contribution in [0.5, 0.6) is 0 Å². The van der Waals surface area contributed by atoms with Crippen LogP contribution in [-0.2, 0) is 15.8 Å². The minimum Gasteiger partial charge on any atom is -0.478 e. The molecule has 6 aliphatic rings. The Balaban J connectivity index is 0.968.